The lowest BCUT2D eigenvalue weighted by atomic mass is 10.1. The van der Waals surface area contributed by atoms with Gasteiger partial charge in [-0.15, -0.1) is 0 Å². The van der Waals surface area contributed by atoms with Crippen molar-refractivity contribution in [1.82, 2.24) is 9.97 Å². The third-order valence-electron chi connectivity index (χ3n) is 2.39. The first kappa shape index (κ1) is 13.6. The first-order chi connectivity index (χ1) is 8.97. The molecule has 5 nitrogen and oxygen atoms in total. The second-order valence-electron chi connectivity index (χ2n) is 3.91. The number of hydrogen-bond donors (Lipinski definition) is 3. The maximum Gasteiger partial charge on any atom is 0.253 e. The van der Waals surface area contributed by atoms with Crippen molar-refractivity contribution in [2.24, 2.45) is 0 Å². The first-order valence-corrected chi connectivity index (χ1v) is 6.30. The lowest BCUT2D eigenvalue weighted by Gasteiger charge is -2.11. The Labute approximate surface area is 112 Å². The number of nitrogens with two attached hydrogens (primary N) is 1. The third-order valence-corrected chi connectivity index (χ3v) is 3.41. The van der Waals surface area contributed by atoms with E-state index in [0.29, 0.717) is 5.56 Å². The Bertz CT molecular complexity index is 658. The molecule has 2 rings (SSSR count). The van der Waals surface area contributed by atoms with Gasteiger partial charge in [-0.1, -0.05) is 12.1 Å². The van der Waals surface area contributed by atoms with Crippen molar-refractivity contribution < 1.29 is 9.50 Å². The van der Waals surface area contributed by atoms with Crippen LogP contribution in [0.3, 0.4) is 0 Å². The third kappa shape index (κ3) is 3.12. The first-order valence-electron chi connectivity index (χ1n) is 5.48. The van der Waals surface area contributed by atoms with Gasteiger partial charge in [0, 0.05) is 6.07 Å². The maximum atomic E-state index is 13.8. The Morgan fingerprint density at radius 1 is 1.53 bits per heavy atom. The zero-order valence-electron chi connectivity index (χ0n) is 10.1. The van der Waals surface area contributed by atoms with E-state index in [1.54, 1.807) is 6.07 Å². The fourth-order valence-electron chi connectivity index (χ4n) is 1.56. The summed E-state index contributed by atoms with van der Waals surface area (Å²) in [5, 5.41) is 9.80. The number of benzene rings is 1. The summed E-state index contributed by atoms with van der Waals surface area (Å²) >= 11 is 0.916. The maximum absolute atomic E-state index is 13.8. The molecular weight excluding hydrogens is 269 g/mol. The van der Waals surface area contributed by atoms with E-state index in [-0.39, 0.29) is 15.9 Å². The SMILES string of the molecule is C[C@@H](O)c1cccc(F)c1Sc1nc(N)cc(=O)[nH]1. The summed E-state index contributed by atoms with van der Waals surface area (Å²) in [6, 6.07) is 5.54. The number of nitrogens with one attached hydrogen (secondary N) is 1. The minimum Gasteiger partial charge on any atom is -0.389 e. The van der Waals surface area contributed by atoms with Crippen LogP contribution in [0.2, 0.25) is 0 Å². The Morgan fingerprint density at radius 3 is 2.89 bits per heavy atom. The lowest BCUT2D eigenvalue weighted by Crippen LogP contribution is -2.09. The summed E-state index contributed by atoms with van der Waals surface area (Å²) in [4.78, 5) is 17.9. The molecule has 0 aliphatic carbocycles. The number of halogens is 1. The fourth-order valence-corrected chi connectivity index (χ4v) is 2.58. The van der Waals surface area contributed by atoms with E-state index in [2.05, 4.69) is 9.97 Å². The van der Waals surface area contributed by atoms with Crippen molar-refractivity contribution in [1.29, 1.82) is 0 Å². The number of nitrogens with zero attached hydrogens (tertiary/aromatic N) is 1. The van der Waals surface area contributed by atoms with E-state index >= 15 is 0 Å². The van der Waals surface area contributed by atoms with Crippen molar-refractivity contribution in [2.45, 2.75) is 23.1 Å². The highest BCUT2D eigenvalue weighted by Gasteiger charge is 2.15. The van der Waals surface area contributed by atoms with E-state index in [1.165, 1.54) is 19.1 Å². The average Bonchev–Trinajstić information content (AvgIpc) is 2.30. The van der Waals surface area contributed by atoms with Crippen LogP contribution in [0.5, 0.6) is 0 Å². The summed E-state index contributed by atoms with van der Waals surface area (Å²) in [6.45, 7) is 1.54. The molecule has 0 aliphatic heterocycles. The van der Waals surface area contributed by atoms with Crippen LogP contribution in [0.15, 0.2) is 39.1 Å². The van der Waals surface area contributed by atoms with Gasteiger partial charge in [0.15, 0.2) is 5.16 Å². The molecule has 0 aliphatic rings. The molecule has 1 atom stereocenters. The van der Waals surface area contributed by atoms with Crippen molar-refractivity contribution in [3.63, 3.8) is 0 Å². The number of anilines is 1. The predicted molar refractivity (Wildman–Crippen MR) is 70.4 cm³/mol. The molecule has 7 heteroatoms. The normalized spacial score (nSPS) is 12.4. The summed E-state index contributed by atoms with van der Waals surface area (Å²) in [6.07, 6.45) is -0.828. The summed E-state index contributed by atoms with van der Waals surface area (Å²) in [5.74, 6) is -0.436. The number of aromatic nitrogens is 2. The van der Waals surface area contributed by atoms with Crippen LogP contribution >= 0.6 is 11.8 Å². The van der Waals surface area contributed by atoms with E-state index in [9.17, 15) is 14.3 Å². The van der Waals surface area contributed by atoms with E-state index in [4.69, 9.17) is 5.73 Å². The van der Waals surface area contributed by atoms with Gasteiger partial charge >= 0.3 is 0 Å². The molecule has 0 unspecified atom stereocenters. The molecule has 0 amide bonds. The average molecular weight is 281 g/mol. The Kier molecular flexibility index (Phi) is 3.87. The molecule has 4 N–H and O–H groups in total. The topological polar surface area (TPSA) is 92.0 Å². The van der Waals surface area contributed by atoms with Crippen LogP contribution in [0.25, 0.3) is 0 Å². The van der Waals surface area contributed by atoms with Gasteiger partial charge in [-0.2, -0.15) is 0 Å². The number of aliphatic hydroxyl groups is 1. The Hall–Kier alpha value is -1.86. The number of H-pyrrole nitrogens is 1. The number of hydrogen-bond acceptors (Lipinski definition) is 5. The summed E-state index contributed by atoms with van der Waals surface area (Å²) < 4.78 is 13.8. The van der Waals surface area contributed by atoms with E-state index in [0.717, 1.165) is 17.8 Å². The van der Waals surface area contributed by atoms with Crippen molar-refractivity contribution in [2.75, 3.05) is 5.73 Å². The molecule has 2 aromatic rings. The van der Waals surface area contributed by atoms with Crippen LogP contribution in [0.4, 0.5) is 10.2 Å². The van der Waals surface area contributed by atoms with Crippen LogP contribution < -0.4 is 11.3 Å². The van der Waals surface area contributed by atoms with Gasteiger partial charge in [-0.25, -0.2) is 9.37 Å². The van der Waals surface area contributed by atoms with Crippen molar-refractivity contribution in [3.05, 3.63) is 46.0 Å². The van der Waals surface area contributed by atoms with E-state index in [1.807, 2.05) is 0 Å². The van der Waals surface area contributed by atoms with Gasteiger partial charge in [-0.3, -0.25) is 4.79 Å². The molecule has 1 heterocycles. The molecule has 19 heavy (non-hydrogen) atoms. The highest BCUT2D eigenvalue weighted by atomic mass is 32.2. The van der Waals surface area contributed by atoms with E-state index < -0.39 is 17.5 Å². The zero-order valence-corrected chi connectivity index (χ0v) is 10.9. The molecule has 0 saturated heterocycles. The van der Waals surface area contributed by atoms with Crippen molar-refractivity contribution in [3.8, 4) is 0 Å². The Balaban J connectivity index is 2.45. The second-order valence-corrected chi connectivity index (χ2v) is 4.91. The molecule has 0 fully saturated rings. The lowest BCUT2D eigenvalue weighted by molar-refractivity contribution is 0.195. The predicted octanol–water partition coefficient (Wildman–Crippen LogP) is 1.70. The highest BCUT2D eigenvalue weighted by Crippen LogP contribution is 2.33. The molecule has 100 valence electrons. The molecule has 0 bridgehead atoms. The van der Waals surface area contributed by atoms with Gasteiger partial charge in [0.05, 0.1) is 11.0 Å². The fraction of sp³-hybridized carbons (Fsp3) is 0.167. The van der Waals surface area contributed by atoms with Gasteiger partial charge in [-0.05, 0) is 30.3 Å². The van der Waals surface area contributed by atoms with Gasteiger partial charge in [0.2, 0.25) is 0 Å². The number of nitrogen functional groups attached to an aromatic ring is 1. The van der Waals surface area contributed by atoms with Gasteiger partial charge in [0.25, 0.3) is 5.56 Å². The van der Waals surface area contributed by atoms with Gasteiger partial charge < -0.3 is 15.8 Å². The zero-order chi connectivity index (χ0) is 14.0. The molecule has 0 radical (unpaired) electrons. The standard InChI is InChI=1S/C12H12FN3O2S/c1-6(17)7-3-2-4-8(13)11(7)19-12-15-9(14)5-10(18)16-12/h2-6,17H,1H3,(H3,14,15,16,18)/t6-/m1/s1. The largest absolute Gasteiger partial charge is 0.389 e. The number of rotatable bonds is 3. The molecule has 0 spiro atoms. The minimum absolute atomic E-state index is 0.0567. The number of aliphatic hydroxyl groups excluding tert-OH is 1. The summed E-state index contributed by atoms with van der Waals surface area (Å²) in [7, 11) is 0. The van der Waals surface area contributed by atoms with Crippen molar-refractivity contribution >= 4 is 17.6 Å². The monoisotopic (exact) mass is 281 g/mol. The quantitative estimate of drug-likeness (QED) is 0.745. The van der Waals surface area contributed by atoms with Crippen LogP contribution in [-0.4, -0.2) is 15.1 Å². The minimum atomic E-state index is -0.828. The van der Waals surface area contributed by atoms with Crippen LogP contribution in [0.1, 0.15) is 18.6 Å². The highest BCUT2D eigenvalue weighted by molar-refractivity contribution is 7.99. The molecule has 1 aromatic carbocycles. The van der Waals surface area contributed by atoms with Crippen LogP contribution in [0, 0.1) is 5.82 Å². The molecule has 1 aromatic heterocycles. The number of aromatic amines is 1. The Morgan fingerprint density at radius 2 is 2.26 bits per heavy atom. The molecular formula is C12H12FN3O2S. The van der Waals surface area contributed by atoms with Crippen LogP contribution in [-0.2, 0) is 0 Å². The van der Waals surface area contributed by atoms with Gasteiger partial charge in [0.1, 0.15) is 11.6 Å². The smallest absolute Gasteiger partial charge is 0.253 e. The summed E-state index contributed by atoms with van der Waals surface area (Å²) in [5.41, 5.74) is 5.48. The molecule has 0 saturated carbocycles. The second kappa shape index (κ2) is 5.41.